The molecular formula is C19H19N3OS. The van der Waals surface area contributed by atoms with Crippen molar-refractivity contribution in [1.82, 2.24) is 4.98 Å². The molecule has 1 N–H and O–H groups in total. The number of nitrogens with one attached hydrogen (secondary N) is 1. The van der Waals surface area contributed by atoms with Crippen LogP contribution in [0.4, 0.5) is 11.4 Å². The van der Waals surface area contributed by atoms with E-state index < -0.39 is 0 Å². The normalized spacial score (nSPS) is 10.5. The molecule has 3 aromatic rings. The molecule has 0 aliphatic heterocycles. The van der Waals surface area contributed by atoms with E-state index in [1.54, 1.807) is 0 Å². The second kappa shape index (κ2) is 6.84. The standard InChI is InChI=1S/C19H19N3OS/c1-13-20-17(18(24-13)14-7-5-4-6-8-14)19(23)21-15-9-11-16(12-10-15)22(2)3/h4-12H,1-3H3,(H,21,23). The number of thiazole rings is 1. The van der Waals surface area contributed by atoms with E-state index in [4.69, 9.17) is 0 Å². The number of anilines is 2. The number of hydrogen-bond donors (Lipinski definition) is 1. The molecule has 0 fully saturated rings. The Hall–Kier alpha value is -2.66. The second-order valence-corrected chi connectivity index (χ2v) is 6.88. The summed E-state index contributed by atoms with van der Waals surface area (Å²) in [5.41, 5.74) is 3.33. The van der Waals surface area contributed by atoms with Crippen LogP contribution in [0.25, 0.3) is 10.4 Å². The Morgan fingerprint density at radius 1 is 1.04 bits per heavy atom. The first-order valence-electron chi connectivity index (χ1n) is 7.66. The molecule has 0 atom stereocenters. The molecule has 0 saturated heterocycles. The molecule has 122 valence electrons. The molecule has 0 saturated carbocycles. The van der Waals surface area contributed by atoms with E-state index in [1.807, 2.05) is 80.5 Å². The lowest BCUT2D eigenvalue weighted by Crippen LogP contribution is -2.14. The van der Waals surface area contributed by atoms with Crippen LogP contribution in [-0.4, -0.2) is 25.0 Å². The van der Waals surface area contributed by atoms with Crippen molar-refractivity contribution in [3.63, 3.8) is 0 Å². The number of benzene rings is 2. The van der Waals surface area contributed by atoms with Crippen LogP contribution < -0.4 is 10.2 Å². The Balaban J connectivity index is 1.85. The van der Waals surface area contributed by atoms with E-state index in [2.05, 4.69) is 10.3 Å². The summed E-state index contributed by atoms with van der Waals surface area (Å²) in [6.45, 7) is 1.92. The van der Waals surface area contributed by atoms with Gasteiger partial charge in [-0.2, -0.15) is 0 Å². The predicted molar refractivity (Wildman–Crippen MR) is 101 cm³/mol. The third kappa shape index (κ3) is 3.46. The largest absolute Gasteiger partial charge is 0.378 e. The lowest BCUT2D eigenvalue weighted by Gasteiger charge is -2.13. The summed E-state index contributed by atoms with van der Waals surface area (Å²) in [4.78, 5) is 20.0. The van der Waals surface area contributed by atoms with Gasteiger partial charge < -0.3 is 10.2 Å². The predicted octanol–water partition coefficient (Wildman–Crippen LogP) is 4.44. The van der Waals surface area contributed by atoms with E-state index in [-0.39, 0.29) is 5.91 Å². The van der Waals surface area contributed by atoms with Gasteiger partial charge in [-0.25, -0.2) is 4.98 Å². The number of hydrogen-bond acceptors (Lipinski definition) is 4. The van der Waals surface area contributed by atoms with Gasteiger partial charge in [-0.1, -0.05) is 30.3 Å². The number of carbonyl (C=O) groups excluding carboxylic acids is 1. The second-order valence-electron chi connectivity index (χ2n) is 5.67. The maximum absolute atomic E-state index is 12.7. The monoisotopic (exact) mass is 337 g/mol. The number of nitrogens with zero attached hydrogens (tertiary/aromatic N) is 2. The first-order valence-corrected chi connectivity index (χ1v) is 8.48. The minimum atomic E-state index is -0.184. The zero-order valence-electron chi connectivity index (χ0n) is 13.9. The van der Waals surface area contributed by atoms with Crippen molar-refractivity contribution in [2.24, 2.45) is 0 Å². The Kier molecular flexibility index (Phi) is 4.62. The number of rotatable bonds is 4. The number of amides is 1. The molecular weight excluding hydrogens is 318 g/mol. The third-order valence-electron chi connectivity index (χ3n) is 3.63. The van der Waals surface area contributed by atoms with Gasteiger partial charge in [0.2, 0.25) is 0 Å². The van der Waals surface area contributed by atoms with E-state index in [1.165, 1.54) is 11.3 Å². The van der Waals surface area contributed by atoms with Gasteiger partial charge in [0.1, 0.15) is 5.69 Å². The molecule has 1 heterocycles. The van der Waals surface area contributed by atoms with Crippen LogP contribution in [0.5, 0.6) is 0 Å². The fourth-order valence-corrected chi connectivity index (χ4v) is 3.32. The molecule has 2 aromatic carbocycles. The highest BCUT2D eigenvalue weighted by molar-refractivity contribution is 7.15. The van der Waals surface area contributed by atoms with Crippen molar-refractivity contribution < 1.29 is 4.79 Å². The lowest BCUT2D eigenvalue weighted by molar-refractivity contribution is 0.102. The molecule has 0 unspecified atom stereocenters. The Labute approximate surface area is 145 Å². The van der Waals surface area contributed by atoms with Crippen molar-refractivity contribution in [3.8, 4) is 10.4 Å². The van der Waals surface area contributed by atoms with Crippen LogP contribution >= 0.6 is 11.3 Å². The Morgan fingerprint density at radius 3 is 2.33 bits per heavy atom. The van der Waals surface area contributed by atoms with Crippen LogP contribution in [0.15, 0.2) is 54.6 Å². The summed E-state index contributed by atoms with van der Waals surface area (Å²) in [5.74, 6) is -0.184. The van der Waals surface area contributed by atoms with Gasteiger partial charge >= 0.3 is 0 Å². The zero-order valence-corrected chi connectivity index (χ0v) is 14.7. The molecule has 0 radical (unpaired) electrons. The van der Waals surface area contributed by atoms with Crippen molar-refractivity contribution in [1.29, 1.82) is 0 Å². The minimum absolute atomic E-state index is 0.184. The molecule has 5 heteroatoms. The fraction of sp³-hybridized carbons (Fsp3) is 0.158. The molecule has 1 aromatic heterocycles. The summed E-state index contributed by atoms with van der Waals surface area (Å²) in [7, 11) is 3.97. The van der Waals surface area contributed by atoms with Crippen molar-refractivity contribution in [2.75, 3.05) is 24.3 Å². The highest BCUT2D eigenvalue weighted by Gasteiger charge is 2.18. The van der Waals surface area contributed by atoms with Gasteiger partial charge in [0, 0.05) is 25.5 Å². The highest BCUT2D eigenvalue weighted by Crippen LogP contribution is 2.30. The van der Waals surface area contributed by atoms with Crippen molar-refractivity contribution in [2.45, 2.75) is 6.92 Å². The smallest absolute Gasteiger partial charge is 0.275 e. The molecule has 1 amide bonds. The van der Waals surface area contributed by atoms with Gasteiger partial charge in [-0.3, -0.25) is 4.79 Å². The Morgan fingerprint density at radius 2 is 1.71 bits per heavy atom. The Bertz CT molecular complexity index is 839. The maximum Gasteiger partial charge on any atom is 0.275 e. The summed E-state index contributed by atoms with van der Waals surface area (Å²) < 4.78 is 0. The lowest BCUT2D eigenvalue weighted by atomic mass is 10.1. The highest BCUT2D eigenvalue weighted by atomic mass is 32.1. The van der Waals surface area contributed by atoms with Crippen molar-refractivity contribution in [3.05, 3.63) is 65.3 Å². The number of carbonyl (C=O) groups is 1. The summed E-state index contributed by atoms with van der Waals surface area (Å²) in [5, 5.41) is 3.81. The first kappa shape index (κ1) is 16.2. The average molecular weight is 337 g/mol. The van der Waals surface area contributed by atoms with E-state index in [0.29, 0.717) is 5.69 Å². The molecule has 0 aliphatic rings. The first-order chi connectivity index (χ1) is 11.5. The van der Waals surface area contributed by atoms with Gasteiger partial charge in [-0.15, -0.1) is 11.3 Å². The summed E-state index contributed by atoms with van der Waals surface area (Å²) in [6, 6.07) is 17.6. The minimum Gasteiger partial charge on any atom is -0.378 e. The quantitative estimate of drug-likeness (QED) is 0.765. The molecule has 24 heavy (non-hydrogen) atoms. The van der Waals surface area contributed by atoms with Gasteiger partial charge in [0.15, 0.2) is 0 Å². The summed E-state index contributed by atoms with van der Waals surface area (Å²) in [6.07, 6.45) is 0. The van der Waals surface area contributed by atoms with Crippen LogP contribution in [0.2, 0.25) is 0 Å². The van der Waals surface area contributed by atoms with E-state index in [9.17, 15) is 4.79 Å². The maximum atomic E-state index is 12.7. The van der Waals surface area contributed by atoms with E-state index >= 15 is 0 Å². The topological polar surface area (TPSA) is 45.2 Å². The molecule has 0 aliphatic carbocycles. The van der Waals surface area contributed by atoms with Crippen LogP contribution in [0.1, 0.15) is 15.5 Å². The number of aryl methyl sites for hydroxylation is 1. The molecule has 0 spiro atoms. The van der Waals surface area contributed by atoms with Gasteiger partial charge in [0.25, 0.3) is 5.91 Å². The van der Waals surface area contributed by atoms with Gasteiger partial charge in [-0.05, 0) is 36.8 Å². The fourth-order valence-electron chi connectivity index (χ4n) is 2.40. The zero-order chi connectivity index (χ0) is 17.1. The molecule has 4 nitrogen and oxygen atoms in total. The SMILES string of the molecule is Cc1nc(C(=O)Nc2ccc(N(C)C)cc2)c(-c2ccccc2)s1. The summed E-state index contributed by atoms with van der Waals surface area (Å²) >= 11 is 1.53. The third-order valence-corrected chi connectivity index (χ3v) is 4.65. The average Bonchev–Trinajstić information content (AvgIpc) is 2.98. The van der Waals surface area contributed by atoms with Crippen LogP contribution in [0, 0.1) is 6.92 Å². The van der Waals surface area contributed by atoms with E-state index in [0.717, 1.165) is 26.8 Å². The van der Waals surface area contributed by atoms with Gasteiger partial charge in [0.05, 0.1) is 9.88 Å². The van der Waals surface area contributed by atoms with Crippen molar-refractivity contribution >= 4 is 28.6 Å². The number of aromatic nitrogens is 1. The van der Waals surface area contributed by atoms with Crippen LogP contribution in [-0.2, 0) is 0 Å². The van der Waals surface area contributed by atoms with Crippen LogP contribution in [0.3, 0.4) is 0 Å². The molecule has 3 rings (SSSR count). The molecule has 0 bridgehead atoms.